The Morgan fingerprint density at radius 1 is 0.241 bits per heavy atom. The van der Waals surface area contributed by atoms with Crippen LogP contribution in [0.15, 0.2) is 389 Å². The molecule has 538 valence electrons. The van der Waals surface area contributed by atoms with Gasteiger partial charge in [-0.15, -0.1) is 22.7 Å². The highest BCUT2D eigenvalue weighted by Gasteiger charge is 2.52. The Hall–Kier alpha value is -12.4. The predicted octanol–water partition coefficient (Wildman–Crippen LogP) is 29.9. The van der Waals surface area contributed by atoms with Crippen LogP contribution in [0.1, 0.15) is 27.7 Å². The van der Waals surface area contributed by atoms with Crippen molar-refractivity contribution in [1.82, 2.24) is 0 Å². The van der Waals surface area contributed by atoms with Crippen molar-refractivity contribution in [2.45, 2.75) is 38.9 Å². The quantitative estimate of drug-likeness (QED) is 0.114. The van der Waals surface area contributed by atoms with Gasteiger partial charge in [-0.2, -0.15) is 0 Å². The van der Waals surface area contributed by atoms with E-state index in [4.69, 9.17) is 18.1 Å². The van der Waals surface area contributed by atoms with Gasteiger partial charge >= 0.3 is 7.12 Å². The lowest BCUT2D eigenvalue weighted by Crippen LogP contribution is -2.41. The third kappa shape index (κ3) is 13.6. The molecule has 1 saturated heterocycles. The topological polar surface area (TPSA) is 51.2 Å². The number of rotatable bonds is 12. The largest absolute Gasteiger partial charge is 0.494 e. The van der Waals surface area contributed by atoms with Crippen molar-refractivity contribution < 1.29 is 18.1 Å². The van der Waals surface area contributed by atoms with Crippen LogP contribution in [-0.2, 0) is 9.31 Å². The lowest BCUT2D eigenvalue weighted by Gasteiger charge is -2.32. The zero-order valence-electron chi connectivity index (χ0n) is 62.1. The first-order valence-corrected chi connectivity index (χ1v) is 40.3. The highest BCUT2D eigenvalue weighted by Crippen LogP contribution is 2.45. The van der Waals surface area contributed by atoms with E-state index in [9.17, 15) is 0 Å². The van der Waals surface area contributed by atoms with Crippen LogP contribution in [0, 0.1) is 0 Å². The van der Waals surface area contributed by atoms with E-state index in [2.05, 4.69) is 393 Å². The van der Waals surface area contributed by atoms with Gasteiger partial charge in [-0.3, -0.25) is 0 Å². The lowest BCUT2D eigenvalue weighted by molar-refractivity contribution is 0.00578. The number of halogens is 1. The standard InChI is InChI=1S/C48H31NOS.C36H29BO3S.C18H14BrN/c1-3-11-38(12-4-1)49(39-13-5-2-6-14-39)40-23-19-32(20-24-40)35-27-36(33-21-25-46-43(30-33)41-15-7-9-17-45(41)50-46)29-37(28-35)34-22-26-48-44(31-34)42-16-8-10-18-47(42)51-48;1-35(2)36(3,4)40-37(39-35)26-18-24(22-13-15-32-29(20-22)27-9-5-7-11-31(27)38-32)17-25(19-26)23-14-16-34-30(21-23)28-10-6-8-12-33(28)41-34;19-15-11-13-18(14-12-15)20(16-7-3-1-4-8-16)17-9-5-2-6-10-17/h1-31H;5-21H,1-4H3;1-14H. The van der Waals surface area contributed by atoms with Crippen LogP contribution >= 0.6 is 38.6 Å². The van der Waals surface area contributed by atoms with Gasteiger partial charge in [-0.05, 0) is 271 Å². The smallest absolute Gasteiger partial charge is 0.456 e. The zero-order chi connectivity index (χ0) is 75.4. The maximum absolute atomic E-state index is 6.53. The Bertz CT molecular complexity index is 6500. The van der Waals surface area contributed by atoms with Gasteiger partial charge in [0.05, 0.1) is 11.2 Å². The zero-order valence-corrected chi connectivity index (χ0v) is 65.3. The predicted molar refractivity (Wildman–Crippen MR) is 480 cm³/mol. The number of thiophene rings is 2. The summed E-state index contributed by atoms with van der Waals surface area (Å²) in [5.41, 5.74) is 22.2. The summed E-state index contributed by atoms with van der Waals surface area (Å²) in [6.07, 6.45) is 0. The molecule has 1 fully saturated rings. The van der Waals surface area contributed by atoms with Crippen molar-refractivity contribution in [1.29, 1.82) is 0 Å². The first-order valence-electron chi connectivity index (χ1n) is 37.8. The fraction of sp³-hybridized carbons (Fsp3) is 0.0588. The minimum Gasteiger partial charge on any atom is -0.456 e. The highest BCUT2D eigenvalue weighted by atomic mass is 79.9. The molecule has 0 N–H and O–H groups in total. The second-order valence-electron chi connectivity index (χ2n) is 29.5. The van der Waals surface area contributed by atoms with Crippen molar-refractivity contribution in [3.63, 3.8) is 0 Å². The second kappa shape index (κ2) is 29.5. The minimum atomic E-state index is -0.456. The Morgan fingerprint density at radius 3 is 0.929 bits per heavy atom. The number of para-hydroxylation sites is 6. The summed E-state index contributed by atoms with van der Waals surface area (Å²) in [7, 11) is -0.456. The molecule has 10 heteroatoms. The first kappa shape index (κ1) is 70.0. The summed E-state index contributed by atoms with van der Waals surface area (Å²) in [4.78, 5) is 4.54. The fourth-order valence-electron chi connectivity index (χ4n) is 15.4. The molecule has 21 rings (SSSR count). The first-order chi connectivity index (χ1) is 54.8. The molecule has 0 bridgehead atoms. The van der Waals surface area contributed by atoms with Gasteiger partial charge in [-0.25, -0.2) is 0 Å². The van der Waals surface area contributed by atoms with Crippen molar-refractivity contribution >= 4 is 170 Å². The summed E-state index contributed by atoms with van der Waals surface area (Å²) in [6.45, 7) is 8.41. The monoisotopic (exact) mass is 1540 g/mol. The Balaban J connectivity index is 0.000000123. The van der Waals surface area contributed by atoms with Crippen LogP contribution in [0.5, 0.6) is 0 Å². The molecule has 4 aromatic heterocycles. The molecule has 0 spiro atoms. The average Bonchev–Trinajstić information content (AvgIpc) is 1.55. The maximum Gasteiger partial charge on any atom is 0.494 e. The van der Waals surface area contributed by atoms with Crippen LogP contribution in [0.4, 0.5) is 34.1 Å². The van der Waals surface area contributed by atoms with Gasteiger partial charge < -0.3 is 27.9 Å². The third-order valence-electron chi connectivity index (χ3n) is 21.9. The van der Waals surface area contributed by atoms with E-state index in [-0.39, 0.29) is 0 Å². The summed E-state index contributed by atoms with van der Waals surface area (Å²) < 4.78 is 31.7. The van der Waals surface area contributed by atoms with Crippen LogP contribution in [0.2, 0.25) is 0 Å². The van der Waals surface area contributed by atoms with E-state index < -0.39 is 18.3 Å². The van der Waals surface area contributed by atoms with Crippen molar-refractivity contribution in [3.8, 4) is 55.6 Å². The van der Waals surface area contributed by atoms with E-state index in [1.807, 2.05) is 59.1 Å². The van der Waals surface area contributed by atoms with Gasteiger partial charge in [0.1, 0.15) is 22.3 Å². The van der Waals surface area contributed by atoms with Crippen molar-refractivity contribution in [3.05, 3.63) is 381 Å². The third-order valence-corrected chi connectivity index (χ3v) is 24.7. The second-order valence-corrected chi connectivity index (χ2v) is 32.6. The average molecular weight is 1550 g/mol. The van der Waals surface area contributed by atoms with Crippen LogP contribution in [0.3, 0.4) is 0 Å². The molecule has 0 atom stereocenters. The number of benzene rings is 16. The van der Waals surface area contributed by atoms with Crippen LogP contribution < -0.4 is 15.3 Å². The molecule has 0 unspecified atom stereocenters. The summed E-state index contributed by atoms with van der Waals surface area (Å²) >= 11 is 7.19. The fourth-order valence-corrected chi connectivity index (χ4v) is 17.9. The van der Waals surface area contributed by atoms with Gasteiger partial charge in [0, 0.05) is 100 Å². The minimum absolute atomic E-state index is 0.420. The molecule has 6 nitrogen and oxygen atoms in total. The van der Waals surface area contributed by atoms with E-state index in [0.717, 1.165) is 110 Å². The molecule has 16 aromatic carbocycles. The summed E-state index contributed by atoms with van der Waals surface area (Å²) in [5.74, 6) is 0. The molecule has 0 radical (unpaired) electrons. The molecule has 5 heterocycles. The van der Waals surface area contributed by atoms with E-state index in [1.54, 1.807) is 0 Å². The Morgan fingerprint density at radius 2 is 0.527 bits per heavy atom. The summed E-state index contributed by atoms with van der Waals surface area (Å²) in [5, 5.41) is 9.71. The van der Waals surface area contributed by atoms with Gasteiger partial charge in [-0.1, -0.05) is 210 Å². The number of hydrogen-bond acceptors (Lipinski definition) is 8. The molecule has 0 amide bonds. The Labute approximate surface area is 667 Å². The molecule has 1 aliphatic rings. The lowest BCUT2D eigenvalue weighted by atomic mass is 9.76. The van der Waals surface area contributed by atoms with Gasteiger partial charge in [0.15, 0.2) is 0 Å². The highest BCUT2D eigenvalue weighted by molar-refractivity contribution is 9.10. The molecule has 20 aromatic rings. The normalized spacial score (nSPS) is 13.1. The van der Waals surface area contributed by atoms with Gasteiger partial charge in [0.25, 0.3) is 0 Å². The van der Waals surface area contributed by atoms with E-state index >= 15 is 0 Å². The number of fused-ring (bicyclic) bond motifs is 12. The Kier molecular flexibility index (Phi) is 18.4. The van der Waals surface area contributed by atoms with Crippen LogP contribution in [-0.4, -0.2) is 18.3 Å². The number of furan rings is 2. The number of hydrogen-bond donors (Lipinski definition) is 0. The van der Waals surface area contributed by atoms with Crippen molar-refractivity contribution in [2.24, 2.45) is 0 Å². The van der Waals surface area contributed by atoms with Crippen molar-refractivity contribution in [2.75, 3.05) is 9.80 Å². The molecule has 112 heavy (non-hydrogen) atoms. The van der Waals surface area contributed by atoms with E-state index in [0.29, 0.717) is 0 Å². The number of anilines is 6. The maximum atomic E-state index is 6.53. The van der Waals surface area contributed by atoms with Gasteiger partial charge in [0.2, 0.25) is 0 Å². The molecule has 1 aliphatic heterocycles. The molecule has 0 saturated carbocycles. The molecular formula is C102H74BBrN2O4S2. The number of nitrogens with zero attached hydrogens (tertiary/aromatic N) is 2. The van der Waals surface area contributed by atoms with E-state index in [1.165, 1.54) is 73.7 Å². The molecule has 0 aliphatic carbocycles. The molecular weight excluding hydrogens is 1470 g/mol. The van der Waals surface area contributed by atoms with Crippen LogP contribution in [0.25, 0.3) is 140 Å². The SMILES string of the molecule is Brc1ccc(N(c2ccccc2)c2ccccc2)cc1.CC1(C)OB(c2cc(-c3ccc4oc5ccccc5c4c3)cc(-c3ccc4sc5ccccc5c4c3)c2)OC1(C)C.c1ccc(N(c2ccccc2)c2ccc(-c3cc(-c4ccc5oc6ccccc6c5c4)cc(-c4ccc5sc6ccccc6c5c4)c3)cc2)cc1. The summed E-state index contributed by atoms with van der Waals surface area (Å²) in [6, 6.07) is 134.